The molecule has 14 heavy (non-hydrogen) atoms. The molecule has 0 saturated carbocycles. The average molecular weight is 236 g/mol. The maximum Gasteiger partial charge on any atom is 0.229 e. The summed E-state index contributed by atoms with van der Waals surface area (Å²) in [7, 11) is 0. The summed E-state index contributed by atoms with van der Waals surface area (Å²) in [6.45, 7) is 1.27. The molecule has 0 aliphatic heterocycles. The van der Waals surface area contributed by atoms with E-state index >= 15 is 0 Å². The molecule has 0 aromatic rings. The van der Waals surface area contributed by atoms with Gasteiger partial charge in [-0.05, 0) is 12.8 Å². The lowest BCUT2D eigenvalue weighted by Gasteiger charge is -2.04. The third kappa shape index (κ3) is 8.25. The number of unbranched alkanes of at least 4 members (excludes halogenated alkanes) is 1. The molecule has 0 aromatic carbocycles. The Balaban J connectivity index is 3.14. The first-order valence-corrected chi connectivity index (χ1v) is 5.72. The lowest BCUT2D eigenvalue weighted by atomic mass is 10.3. The Labute approximate surface area is 95.0 Å². The molecule has 2 amide bonds. The maximum atomic E-state index is 10.7. The molecule has 0 radical (unpaired) electrons. The molecule has 0 spiro atoms. The SMILES string of the molecule is O=C(CS)NCCCCNC(=O)CS. The smallest absolute Gasteiger partial charge is 0.229 e. The summed E-state index contributed by atoms with van der Waals surface area (Å²) in [6.07, 6.45) is 1.71. The average Bonchev–Trinajstić information content (AvgIpc) is 2.22. The van der Waals surface area contributed by atoms with Crippen molar-refractivity contribution in [3.05, 3.63) is 0 Å². The predicted octanol–water partition coefficient (Wildman–Crippen LogP) is -0.141. The first-order chi connectivity index (χ1) is 6.70. The number of nitrogens with one attached hydrogen (secondary N) is 2. The van der Waals surface area contributed by atoms with Crippen molar-refractivity contribution in [1.29, 1.82) is 0 Å². The van der Waals surface area contributed by atoms with Crippen molar-refractivity contribution in [3.63, 3.8) is 0 Å². The summed E-state index contributed by atoms with van der Waals surface area (Å²) in [5.74, 6) is 0.313. The Kier molecular flexibility index (Phi) is 8.97. The Bertz CT molecular complexity index is 168. The molecule has 4 nitrogen and oxygen atoms in total. The van der Waals surface area contributed by atoms with Crippen LogP contribution >= 0.6 is 25.3 Å². The normalized spacial score (nSPS) is 9.57. The van der Waals surface area contributed by atoms with Crippen molar-refractivity contribution >= 4 is 37.1 Å². The number of amides is 2. The Morgan fingerprint density at radius 2 is 1.21 bits per heavy atom. The van der Waals surface area contributed by atoms with Gasteiger partial charge in [-0.25, -0.2) is 0 Å². The quantitative estimate of drug-likeness (QED) is 0.367. The highest BCUT2D eigenvalue weighted by atomic mass is 32.1. The molecule has 82 valence electrons. The van der Waals surface area contributed by atoms with Crippen molar-refractivity contribution in [2.24, 2.45) is 0 Å². The second-order valence-electron chi connectivity index (χ2n) is 2.72. The second kappa shape index (κ2) is 9.21. The van der Waals surface area contributed by atoms with Gasteiger partial charge in [-0.15, -0.1) is 0 Å². The highest BCUT2D eigenvalue weighted by molar-refractivity contribution is 7.81. The van der Waals surface area contributed by atoms with Gasteiger partial charge in [-0.2, -0.15) is 25.3 Å². The third-order valence-corrected chi connectivity index (χ3v) is 2.11. The molecule has 0 aromatic heterocycles. The number of thiol groups is 2. The summed E-state index contributed by atoms with van der Waals surface area (Å²) in [6, 6.07) is 0. The van der Waals surface area contributed by atoms with Crippen LogP contribution in [0.1, 0.15) is 12.8 Å². The van der Waals surface area contributed by atoms with Crippen LogP contribution in [-0.2, 0) is 9.59 Å². The fourth-order valence-electron chi connectivity index (χ4n) is 0.817. The van der Waals surface area contributed by atoms with Crippen molar-refractivity contribution in [2.45, 2.75) is 12.8 Å². The van der Waals surface area contributed by atoms with Gasteiger partial charge < -0.3 is 10.6 Å². The van der Waals surface area contributed by atoms with Crippen LogP contribution in [0.5, 0.6) is 0 Å². The van der Waals surface area contributed by atoms with Crippen molar-refractivity contribution in [2.75, 3.05) is 24.6 Å². The molecule has 0 aliphatic rings. The minimum Gasteiger partial charge on any atom is -0.355 e. The molecule has 0 heterocycles. The van der Waals surface area contributed by atoms with E-state index in [4.69, 9.17) is 0 Å². The summed E-state index contributed by atoms with van der Waals surface area (Å²) >= 11 is 7.64. The number of carbonyl (C=O) groups excluding carboxylic acids is 2. The lowest BCUT2D eigenvalue weighted by Crippen LogP contribution is -2.28. The van der Waals surface area contributed by atoms with E-state index in [0.29, 0.717) is 13.1 Å². The van der Waals surface area contributed by atoms with Crippen LogP contribution in [0.15, 0.2) is 0 Å². The van der Waals surface area contributed by atoms with Crippen LogP contribution in [0.4, 0.5) is 0 Å². The van der Waals surface area contributed by atoms with E-state index in [9.17, 15) is 9.59 Å². The largest absolute Gasteiger partial charge is 0.355 e. The van der Waals surface area contributed by atoms with Crippen LogP contribution < -0.4 is 10.6 Å². The predicted molar refractivity (Wildman–Crippen MR) is 63.0 cm³/mol. The monoisotopic (exact) mass is 236 g/mol. The molecule has 0 fully saturated rings. The minimum atomic E-state index is -0.0623. The van der Waals surface area contributed by atoms with Crippen LogP contribution in [0.2, 0.25) is 0 Å². The highest BCUT2D eigenvalue weighted by Crippen LogP contribution is 1.85. The molecule has 0 saturated heterocycles. The van der Waals surface area contributed by atoms with Gasteiger partial charge in [0.05, 0.1) is 11.5 Å². The second-order valence-corrected chi connectivity index (χ2v) is 3.36. The molecule has 0 bridgehead atoms. The molecule has 6 heteroatoms. The van der Waals surface area contributed by atoms with Crippen LogP contribution in [0.3, 0.4) is 0 Å². The first kappa shape index (κ1) is 13.6. The summed E-state index contributed by atoms with van der Waals surface area (Å²) < 4.78 is 0. The van der Waals surface area contributed by atoms with Gasteiger partial charge in [0.15, 0.2) is 0 Å². The summed E-state index contributed by atoms with van der Waals surface area (Å²) in [5, 5.41) is 5.38. The van der Waals surface area contributed by atoms with Crippen LogP contribution in [0, 0.1) is 0 Å². The maximum absolute atomic E-state index is 10.7. The van der Waals surface area contributed by atoms with Crippen molar-refractivity contribution in [3.8, 4) is 0 Å². The van der Waals surface area contributed by atoms with E-state index in [2.05, 4.69) is 35.9 Å². The van der Waals surface area contributed by atoms with E-state index in [1.165, 1.54) is 0 Å². The van der Waals surface area contributed by atoms with E-state index in [1.54, 1.807) is 0 Å². The summed E-state index contributed by atoms with van der Waals surface area (Å²) in [5.41, 5.74) is 0. The standard InChI is InChI=1S/C8H16N2O2S2/c11-7(5-13)9-3-1-2-4-10-8(12)6-14/h13-14H,1-6H2,(H,9,11)(H,10,12). The Hall–Kier alpha value is -0.360. The van der Waals surface area contributed by atoms with Gasteiger partial charge in [0, 0.05) is 13.1 Å². The van der Waals surface area contributed by atoms with Crippen LogP contribution in [0.25, 0.3) is 0 Å². The summed E-state index contributed by atoms with van der Waals surface area (Å²) in [4.78, 5) is 21.5. The molecule has 0 aliphatic carbocycles. The Morgan fingerprint density at radius 1 is 0.857 bits per heavy atom. The zero-order chi connectivity index (χ0) is 10.8. The van der Waals surface area contributed by atoms with Crippen LogP contribution in [-0.4, -0.2) is 36.4 Å². The van der Waals surface area contributed by atoms with E-state index < -0.39 is 0 Å². The van der Waals surface area contributed by atoms with Gasteiger partial charge in [0.25, 0.3) is 0 Å². The number of rotatable bonds is 7. The van der Waals surface area contributed by atoms with E-state index in [0.717, 1.165) is 12.8 Å². The van der Waals surface area contributed by atoms with Gasteiger partial charge in [-0.1, -0.05) is 0 Å². The molecular formula is C8H16N2O2S2. The molecule has 0 rings (SSSR count). The van der Waals surface area contributed by atoms with Gasteiger partial charge in [-0.3, -0.25) is 9.59 Å². The van der Waals surface area contributed by atoms with E-state index in [1.807, 2.05) is 0 Å². The highest BCUT2D eigenvalue weighted by Gasteiger charge is 1.97. The zero-order valence-electron chi connectivity index (χ0n) is 7.95. The topological polar surface area (TPSA) is 58.2 Å². The van der Waals surface area contributed by atoms with E-state index in [-0.39, 0.29) is 23.3 Å². The molecule has 0 atom stereocenters. The molecule has 2 N–H and O–H groups in total. The lowest BCUT2D eigenvalue weighted by molar-refractivity contribution is -0.119. The van der Waals surface area contributed by atoms with Gasteiger partial charge in [0.1, 0.15) is 0 Å². The fraction of sp³-hybridized carbons (Fsp3) is 0.750. The molecule has 0 unspecified atom stereocenters. The third-order valence-electron chi connectivity index (χ3n) is 1.54. The number of hydrogen-bond acceptors (Lipinski definition) is 4. The van der Waals surface area contributed by atoms with Gasteiger partial charge >= 0.3 is 0 Å². The Morgan fingerprint density at radius 3 is 1.50 bits per heavy atom. The fourth-order valence-corrected chi connectivity index (χ4v) is 1.04. The molecular weight excluding hydrogens is 220 g/mol. The minimum absolute atomic E-state index is 0.0623. The van der Waals surface area contributed by atoms with Crippen molar-refractivity contribution < 1.29 is 9.59 Å². The first-order valence-electron chi connectivity index (χ1n) is 4.45. The van der Waals surface area contributed by atoms with Gasteiger partial charge in [0.2, 0.25) is 11.8 Å². The van der Waals surface area contributed by atoms with Crippen molar-refractivity contribution in [1.82, 2.24) is 10.6 Å². The number of carbonyl (C=O) groups is 2. The number of hydrogen-bond donors (Lipinski definition) is 4. The zero-order valence-corrected chi connectivity index (χ0v) is 9.74.